The molecule has 1 aliphatic heterocycles. The summed E-state index contributed by atoms with van der Waals surface area (Å²) < 4.78 is 0. The Balaban J connectivity index is 1.41. The number of amides is 1. The van der Waals surface area contributed by atoms with Crippen molar-refractivity contribution in [3.05, 3.63) is 16.6 Å². The van der Waals surface area contributed by atoms with Crippen molar-refractivity contribution in [2.75, 3.05) is 13.1 Å². The maximum atomic E-state index is 11.9. The molecule has 0 bridgehead atoms. The van der Waals surface area contributed by atoms with E-state index < -0.39 is 0 Å². The van der Waals surface area contributed by atoms with Crippen LogP contribution in [0, 0.1) is 5.92 Å². The van der Waals surface area contributed by atoms with E-state index in [4.69, 9.17) is 0 Å². The van der Waals surface area contributed by atoms with Crippen LogP contribution in [-0.2, 0) is 11.3 Å². The summed E-state index contributed by atoms with van der Waals surface area (Å²) in [6.07, 6.45) is 6.31. The Morgan fingerprint density at radius 2 is 2.17 bits per heavy atom. The zero-order chi connectivity index (χ0) is 12.4. The first-order valence-electron chi connectivity index (χ1n) is 6.72. The fourth-order valence-electron chi connectivity index (χ4n) is 2.47. The highest BCUT2D eigenvalue weighted by atomic mass is 32.1. The maximum absolute atomic E-state index is 11.9. The number of nitrogens with zero attached hydrogens (tertiary/aromatic N) is 2. The normalized spacial score (nSPS) is 21.2. The molecule has 0 unspecified atom stereocenters. The molecule has 0 aromatic carbocycles. The van der Waals surface area contributed by atoms with E-state index in [1.165, 1.54) is 4.88 Å². The van der Waals surface area contributed by atoms with Crippen LogP contribution in [0.25, 0.3) is 0 Å². The molecule has 5 heteroatoms. The second kappa shape index (κ2) is 5.36. The number of hydrogen-bond acceptors (Lipinski definition) is 4. The molecule has 1 N–H and O–H groups in total. The molecule has 0 atom stereocenters. The van der Waals surface area contributed by atoms with Crippen LogP contribution >= 0.6 is 11.3 Å². The van der Waals surface area contributed by atoms with Gasteiger partial charge in [0.05, 0.1) is 5.51 Å². The van der Waals surface area contributed by atoms with E-state index in [1.807, 2.05) is 11.7 Å². The Hall–Kier alpha value is -0.940. The van der Waals surface area contributed by atoms with Crippen molar-refractivity contribution in [2.24, 2.45) is 5.92 Å². The number of carbonyl (C=O) groups excluding carboxylic acids is 1. The molecule has 2 aliphatic rings. The number of hydrogen-bond donors (Lipinski definition) is 1. The van der Waals surface area contributed by atoms with Crippen LogP contribution in [0.1, 0.15) is 30.6 Å². The van der Waals surface area contributed by atoms with Crippen LogP contribution in [-0.4, -0.2) is 34.9 Å². The van der Waals surface area contributed by atoms with Gasteiger partial charge in [-0.25, -0.2) is 0 Å². The van der Waals surface area contributed by atoms with Crippen LogP contribution in [0.2, 0.25) is 0 Å². The fraction of sp³-hybridized carbons (Fsp3) is 0.692. The minimum absolute atomic E-state index is 0.367. The van der Waals surface area contributed by atoms with Gasteiger partial charge in [0.2, 0.25) is 5.91 Å². The van der Waals surface area contributed by atoms with Gasteiger partial charge < -0.3 is 10.2 Å². The van der Waals surface area contributed by atoms with Crippen molar-refractivity contribution in [3.8, 4) is 0 Å². The molecular weight excluding hydrogens is 246 g/mol. The third-order valence-electron chi connectivity index (χ3n) is 3.78. The first kappa shape index (κ1) is 12.1. The van der Waals surface area contributed by atoms with Gasteiger partial charge in [0, 0.05) is 42.7 Å². The molecule has 4 nitrogen and oxygen atoms in total. The smallest absolute Gasteiger partial charge is 0.225 e. The number of aromatic nitrogens is 1. The van der Waals surface area contributed by atoms with Crippen LogP contribution in [0.4, 0.5) is 0 Å². The number of likely N-dealkylation sites (tertiary alicyclic amines) is 1. The lowest BCUT2D eigenvalue weighted by atomic mass is 10.0. The standard InChI is InChI=1S/C13H19N3OS/c17-13(10-1-2-10)16-5-3-11(4-6-16)15-8-12-7-14-9-18-12/h7,9-11,15H,1-6,8H2. The summed E-state index contributed by atoms with van der Waals surface area (Å²) in [7, 11) is 0. The molecule has 1 amide bonds. The van der Waals surface area contributed by atoms with Gasteiger partial charge in [0.1, 0.15) is 0 Å². The van der Waals surface area contributed by atoms with Crippen molar-refractivity contribution in [1.29, 1.82) is 0 Å². The molecule has 1 aromatic heterocycles. The molecule has 1 saturated heterocycles. The second-order valence-electron chi connectivity index (χ2n) is 5.22. The van der Waals surface area contributed by atoms with E-state index in [2.05, 4.69) is 15.2 Å². The average molecular weight is 265 g/mol. The molecule has 2 heterocycles. The van der Waals surface area contributed by atoms with Gasteiger partial charge in [-0.3, -0.25) is 9.78 Å². The van der Waals surface area contributed by atoms with Gasteiger partial charge in [0.25, 0.3) is 0 Å². The quantitative estimate of drug-likeness (QED) is 0.900. The third-order valence-corrected chi connectivity index (χ3v) is 4.56. The molecule has 1 aromatic rings. The summed E-state index contributed by atoms with van der Waals surface area (Å²) in [5.74, 6) is 0.766. The maximum Gasteiger partial charge on any atom is 0.225 e. The lowest BCUT2D eigenvalue weighted by Gasteiger charge is -2.32. The SMILES string of the molecule is O=C(C1CC1)N1CCC(NCc2cncs2)CC1. The van der Waals surface area contributed by atoms with Crippen LogP contribution < -0.4 is 5.32 Å². The summed E-state index contributed by atoms with van der Waals surface area (Å²) >= 11 is 1.69. The van der Waals surface area contributed by atoms with Crippen molar-refractivity contribution in [1.82, 2.24) is 15.2 Å². The predicted molar refractivity (Wildman–Crippen MR) is 71.3 cm³/mol. The molecule has 0 radical (unpaired) electrons. The Kier molecular flexibility index (Phi) is 3.61. The number of thiazole rings is 1. The summed E-state index contributed by atoms with van der Waals surface area (Å²) in [6.45, 7) is 2.76. The molecule has 2 fully saturated rings. The van der Waals surface area contributed by atoms with E-state index in [0.717, 1.165) is 45.3 Å². The van der Waals surface area contributed by atoms with Gasteiger partial charge in [-0.05, 0) is 25.7 Å². The van der Waals surface area contributed by atoms with Crippen LogP contribution in [0.15, 0.2) is 11.7 Å². The number of piperidine rings is 1. The average Bonchev–Trinajstić information content (AvgIpc) is 3.13. The topological polar surface area (TPSA) is 45.2 Å². The Morgan fingerprint density at radius 3 is 2.78 bits per heavy atom. The lowest BCUT2D eigenvalue weighted by Crippen LogP contribution is -2.45. The number of carbonyl (C=O) groups is 1. The Morgan fingerprint density at radius 1 is 1.39 bits per heavy atom. The summed E-state index contributed by atoms with van der Waals surface area (Å²) in [6, 6.07) is 0.551. The highest BCUT2D eigenvalue weighted by molar-refractivity contribution is 7.09. The first-order valence-corrected chi connectivity index (χ1v) is 7.60. The lowest BCUT2D eigenvalue weighted by molar-refractivity contribution is -0.133. The van der Waals surface area contributed by atoms with Gasteiger partial charge in [-0.15, -0.1) is 11.3 Å². The molecular formula is C13H19N3OS. The van der Waals surface area contributed by atoms with Crippen molar-refractivity contribution in [2.45, 2.75) is 38.3 Å². The fourth-order valence-corrected chi connectivity index (χ4v) is 3.01. The summed E-state index contributed by atoms with van der Waals surface area (Å²) in [5, 5.41) is 3.56. The Labute approximate surface area is 111 Å². The van der Waals surface area contributed by atoms with Gasteiger partial charge in [0.15, 0.2) is 0 Å². The highest BCUT2D eigenvalue weighted by Crippen LogP contribution is 2.31. The van der Waals surface area contributed by atoms with Crippen LogP contribution in [0.5, 0.6) is 0 Å². The Bertz CT molecular complexity index is 394. The van der Waals surface area contributed by atoms with Gasteiger partial charge >= 0.3 is 0 Å². The minimum Gasteiger partial charge on any atom is -0.342 e. The molecule has 0 spiro atoms. The molecule has 98 valence electrons. The van der Waals surface area contributed by atoms with Crippen LogP contribution in [0.3, 0.4) is 0 Å². The minimum atomic E-state index is 0.367. The second-order valence-corrected chi connectivity index (χ2v) is 6.19. The van der Waals surface area contributed by atoms with Crippen molar-refractivity contribution < 1.29 is 4.79 Å². The first-order chi connectivity index (χ1) is 8.83. The third kappa shape index (κ3) is 2.90. The molecule has 1 aliphatic carbocycles. The van der Waals surface area contributed by atoms with E-state index in [1.54, 1.807) is 11.3 Å². The number of nitrogens with one attached hydrogen (secondary N) is 1. The predicted octanol–water partition coefficient (Wildman–Crippen LogP) is 1.63. The van der Waals surface area contributed by atoms with E-state index in [-0.39, 0.29) is 0 Å². The van der Waals surface area contributed by atoms with E-state index >= 15 is 0 Å². The van der Waals surface area contributed by atoms with Crippen molar-refractivity contribution in [3.63, 3.8) is 0 Å². The van der Waals surface area contributed by atoms with Gasteiger partial charge in [-0.1, -0.05) is 0 Å². The van der Waals surface area contributed by atoms with E-state index in [0.29, 0.717) is 17.9 Å². The zero-order valence-electron chi connectivity index (χ0n) is 10.5. The van der Waals surface area contributed by atoms with Gasteiger partial charge in [-0.2, -0.15) is 0 Å². The molecule has 1 saturated carbocycles. The number of rotatable bonds is 4. The largest absolute Gasteiger partial charge is 0.342 e. The van der Waals surface area contributed by atoms with Crippen molar-refractivity contribution >= 4 is 17.2 Å². The summed E-state index contributed by atoms with van der Waals surface area (Å²) in [4.78, 5) is 19.3. The molecule has 3 rings (SSSR count). The highest BCUT2D eigenvalue weighted by Gasteiger charge is 2.34. The monoisotopic (exact) mass is 265 g/mol. The van der Waals surface area contributed by atoms with E-state index in [9.17, 15) is 4.79 Å². The molecule has 18 heavy (non-hydrogen) atoms. The summed E-state index contributed by atoms with van der Waals surface area (Å²) in [5.41, 5.74) is 1.87. The zero-order valence-corrected chi connectivity index (χ0v) is 11.3.